The van der Waals surface area contributed by atoms with Crippen LogP contribution in [0.25, 0.3) is 0 Å². The lowest BCUT2D eigenvalue weighted by Gasteiger charge is -2.29. The second-order valence-electron chi connectivity index (χ2n) is 4.45. The molecule has 2 rings (SSSR count). The maximum Gasteiger partial charge on any atom is 0.0525 e. The smallest absolute Gasteiger partial charge is 0.0525 e. The Labute approximate surface area is 124 Å². The van der Waals surface area contributed by atoms with Crippen LogP contribution in [-0.4, -0.2) is 12.0 Å². The number of benzene rings is 1. The van der Waals surface area contributed by atoms with Gasteiger partial charge in [-0.05, 0) is 24.6 Å². The van der Waals surface area contributed by atoms with Gasteiger partial charge < -0.3 is 4.90 Å². The molecule has 1 aromatic heterocycles. The zero-order chi connectivity index (χ0) is 13.8. The molecular formula is C15H16Cl2N2. The molecule has 0 aliphatic carbocycles. The van der Waals surface area contributed by atoms with Gasteiger partial charge in [0.2, 0.25) is 0 Å². The lowest BCUT2D eigenvalue weighted by Crippen LogP contribution is -2.23. The van der Waals surface area contributed by atoms with E-state index in [1.807, 2.05) is 37.4 Å². The Kier molecular flexibility index (Phi) is 4.67. The van der Waals surface area contributed by atoms with E-state index in [1.165, 1.54) is 0 Å². The highest BCUT2D eigenvalue weighted by atomic mass is 35.5. The molecule has 0 spiro atoms. The summed E-state index contributed by atoms with van der Waals surface area (Å²) >= 11 is 12.2. The number of hydrogen-bond acceptors (Lipinski definition) is 2. The predicted molar refractivity (Wildman–Crippen MR) is 82.1 cm³/mol. The van der Waals surface area contributed by atoms with E-state index in [1.54, 1.807) is 12.4 Å². The van der Waals surface area contributed by atoms with Crippen molar-refractivity contribution in [2.75, 3.05) is 11.9 Å². The van der Waals surface area contributed by atoms with Crippen LogP contribution in [-0.2, 0) is 5.88 Å². The monoisotopic (exact) mass is 294 g/mol. The average Bonchev–Trinajstić information content (AvgIpc) is 2.46. The molecule has 19 heavy (non-hydrogen) atoms. The molecular weight excluding hydrogens is 279 g/mol. The summed E-state index contributed by atoms with van der Waals surface area (Å²) in [5.41, 5.74) is 3.20. The predicted octanol–water partition coefficient (Wildman–Crippen LogP) is 4.67. The molecule has 0 N–H and O–H groups in total. The number of anilines is 1. The molecule has 1 unspecified atom stereocenters. The summed E-state index contributed by atoms with van der Waals surface area (Å²) in [5.74, 6) is 0.447. The van der Waals surface area contributed by atoms with Crippen molar-refractivity contribution in [3.63, 3.8) is 0 Å². The van der Waals surface area contributed by atoms with E-state index in [-0.39, 0.29) is 6.04 Å². The number of alkyl halides is 1. The normalized spacial score (nSPS) is 12.2. The second-order valence-corrected chi connectivity index (χ2v) is 5.12. The van der Waals surface area contributed by atoms with Gasteiger partial charge in [0, 0.05) is 35.7 Å². The number of halogens is 2. The summed E-state index contributed by atoms with van der Waals surface area (Å²) < 4.78 is 0. The first kappa shape index (κ1) is 14.2. The van der Waals surface area contributed by atoms with Gasteiger partial charge in [0.1, 0.15) is 0 Å². The van der Waals surface area contributed by atoms with Crippen molar-refractivity contribution in [3.05, 3.63) is 58.9 Å². The number of pyridine rings is 1. The Balaban J connectivity index is 2.34. The third kappa shape index (κ3) is 3.02. The van der Waals surface area contributed by atoms with E-state index in [0.29, 0.717) is 5.88 Å². The van der Waals surface area contributed by atoms with Crippen LogP contribution < -0.4 is 4.90 Å². The van der Waals surface area contributed by atoms with Crippen LogP contribution in [0.5, 0.6) is 0 Å². The summed E-state index contributed by atoms with van der Waals surface area (Å²) in [6, 6.07) is 10.0. The lowest BCUT2D eigenvalue weighted by atomic mass is 10.1. The van der Waals surface area contributed by atoms with E-state index in [9.17, 15) is 0 Å². The molecule has 0 bridgehead atoms. The third-order valence-electron chi connectivity index (χ3n) is 3.34. The van der Waals surface area contributed by atoms with Crippen LogP contribution in [0.2, 0.25) is 5.02 Å². The van der Waals surface area contributed by atoms with Gasteiger partial charge in [-0.15, -0.1) is 11.6 Å². The van der Waals surface area contributed by atoms with E-state index < -0.39 is 0 Å². The van der Waals surface area contributed by atoms with E-state index in [4.69, 9.17) is 23.2 Å². The van der Waals surface area contributed by atoms with Crippen LogP contribution in [0.3, 0.4) is 0 Å². The van der Waals surface area contributed by atoms with Crippen molar-refractivity contribution in [2.24, 2.45) is 0 Å². The summed E-state index contributed by atoms with van der Waals surface area (Å²) in [6.07, 6.45) is 3.58. The standard InChI is InChI=1S/C15H16Cl2N2/c1-11(13-5-3-4-6-14(13)17)19(2)15-7-8-18-10-12(15)9-16/h3-8,10-11H,9H2,1-2H3. The Morgan fingerprint density at radius 2 is 2.00 bits per heavy atom. The number of hydrogen-bond donors (Lipinski definition) is 0. The van der Waals surface area contributed by atoms with E-state index >= 15 is 0 Å². The number of nitrogens with zero attached hydrogens (tertiary/aromatic N) is 2. The zero-order valence-corrected chi connectivity index (χ0v) is 12.5. The Morgan fingerprint density at radius 1 is 1.26 bits per heavy atom. The number of rotatable bonds is 4. The molecule has 4 heteroatoms. The van der Waals surface area contributed by atoms with Crippen molar-refractivity contribution in [3.8, 4) is 0 Å². The first-order valence-corrected chi connectivity index (χ1v) is 7.02. The summed E-state index contributed by atoms with van der Waals surface area (Å²) in [5, 5.41) is 0.781. The molecule has 2 aromatic rings. The van der Waals surface area contributed by atoms with Gasteiger partial charge in [-0.2, -0.15) is 0 Å². The van der Waals surface area contributed by atoms with Crippen molar-refractivity contribution >= 4 is 28.9 Å². The molecule has 100 valence electrons. The Hall–Kier alpha value is -1.25. The minimum Gasteiger partial charge on any atom is -0.367 e. The van der Waals surface area contributed by atoms with Gasteiger partial charge in [-0.3, -0.25) is 4.98 Å². The fourth-order valence-electron chi connectivity index (χ4n) is 2.10. The molecule has 1 aromatic carbocycles. The molecule has 1 atom stereocenters. The summed E-state index contributed by atoms with van der Waals surface area (Å²) in [6.45, 7) is 2.12. The third-order valence-corrected chi connectivity index (χ3v) is 3.97. The SMILES string of the molecule is CC(c1ccccc1Cl)N(C)c1ccncc1CCl. The largest absolute Gasteiger partial charge is 0.367 e. The summed E-state index contributed by atoms with van der Waals surface area (Å²) in [4.78, 5) is 6.28. The summed E-state index contributed by atoms with van der Waals surface area (Å²) in [7, 11) is 2.04. The highest BCUT2D eigenvalue weighted by molar-refractivity contribution is 6.31. The first-order valence-electron chi connectivity index (χ1n) is 6.11. The zero-order valence-electron chi connectivity index (χ0n) is 11.0. The van der Waals surface area contributed by atoms with Gasteiger partial charge in [-0.25, -0.2) is 0 Å². The molecule has 0 saturated carbocycles. The molecule has 0 aliphatic heterocycles. The van der Waals surface area contributed by atoms with Gasteiger partial charge in [0.05, 0.1) is 11.9 Å². The molecule has 0 aliphatic rings. The molecule has 0 radical (unpaired) electrons. The quantitative estimate of drug-likeness (QED) is 0.762. The van der Waals surface area contributed by atoms with Crippen molar-refractivity contribution in [2.45, 2.75) is 18.8 Å². The molecule has 0 amide bonds. The van der Waals surface area contributed by atoms with Crippen molar-refractivity contribution < 1.29 is 0 Å². The Bertz CT molecular complexity index is 557. The van der Waals surface area contributed by atoms with Crippen LogP contribution in [0.15, 0.2) is 42.7 Å². The first-order chi connectivity index (χ1) is 9.15. The minimum absolute atomic E-state index is 0.165. The fourth-order valence-corrected chi connectivity index (χ4v) is 2.60. The van der Waals surface area contributed by atoms with Gasteiger partial charge in [0.15, 0.2) is 0 Å². The van der Waals surface area contributed by atoms with Crippen LogP contribution in [0, 0.1) is 0 Å². The van der Waals surface area contributed by atoms with E-state index in [2.05, 4.69) is 16.8 Å². The minimum atomic E-state index is 0.165. The van der Waals surface area contributed by atoms with E-state index in [0.717, 1.165) is 21.8 Å². The van der Waals surface area contributed by atoms with Crippen molar-refractivity contribution in [1.82, 2.24) is 4.98 Å². The molecule has 2 nitrogen and oxygen atoms in total. The van der Waals surface area contributed by atoms with Crippen molar-refractivity contribution in [1.29, 1.82) is 0 Å². The van der Waals surface area contributed by atoms with Gasteiger partial charge in [0.25, 0.3) is 0 Å². The molecule has 0 saturated heterocycles. The van der Waals surface area contributed by atoms with Crippen LogP contribution in [0.4, 0.5) is 5.69 Å². The van der Waals surface area contributed by atoms with Crippen LogP contribution >= 0.6 is 23.2 Å². The maximum absolute atomic E-state index is 6.26. The topological polar surface area (TPSA) is 16.1 Å². The maximum atomic E-state index is 6.26. The van der Waals surface area contributed by atoms with Crippen LogP contribution in [0.1, 0.15) is 24.1 Å². The Morgan fingerprint density at radius 3 is 2.68 bits per heavy atom. The average molecular weight is 295 g/mol. The highest BCUT2D eigenvalue weighted by Gasteiger charge is 2.16. The molecule has 1 heterocycles. The molecule has 0 fully saturated rings. The lowest BCUT2D eigenvalue weighted by molar-refractivity contribution is 0.736. The number of aromatic nitrogens is 1. The highest BCUT2D eigenvalue weighted by Crippen LogP contribution is 2.31. The van der Waals surface area contributed by atoms with Gasteiger partial charge in [-0.1, -0.05) is 29.8 Å². The second kappa shape index (κ2) is 6.27. The van der Waals surface area contributed by atoms with Gasteiger partial charge >= 0.3 is 0 Å². The fraction of sp³-hybridized carbons (Fsp3) is 0.267.